The van der Waals surface area contributed by atoms with E-state index in [0.717, 1.165) is 5.56 Å². The normalized spacial score (nSPS) is 11.2. The van der Waals surface area contributed by atoms with E-state index in [0.29, 0.717) is 17.1 Å². The SMILES string of the molecule is COc1ccccc1[C@H](C#N)NC(=O)c1cnc(-c2ccccc2)nc1. The fraction of sp³-hybridized carbons (Fsp3) is 0.100. The maximum atomic E-state index is 12.5. The molecule has 0 bridgehead atoms. The van der Waals surface area contributed by atoms with Gasteiger partial charge in [-0.25, -0.2) is 9.97 Å². The lowest BCUT2D eigenvalue weighted by atomic mass is 10.1. The van der Waals surface area contributed by atoms with Crippen LogP contribution in [0.4, 0.5) is 0 Å². The monoisotopic (exact) mass is 344 g/mol. The summed E-state index contributed by atoms with van der Waals surface area (Å²) in [4.78, 5) is 20.9. The lowest BCUT2D eigenvalue weighted by Crippen LogP contribution is -2.28. The molecule has 1 atom stereocenters. The number of carbonyl (C=O) groups excluding carboxylic acids is 1. The Morgan fingerprint density at radius 2 is 1.73 bits per heavy atom. The van der Waals surface area contributed by atoms with E-state index in [1.807, 2.05) is 30.3 Å². The summed E-state index contributed by atoms with van der Waals surface area (Å²) in [6.07, 6.45) is 2.89. The molecule has 6 heteroatoms. The largest absolute Gasteiger partial charge is 0.496 e. The van der Waals surface area contributed by atoms with E-state index in [4.69, 9.17) is 4.74 Å². The molecule has 1 aromatic heterocycles. The molecule has 26 heavy (non-hydrogen) atoms. The fourth-order valence-corrected chi connectivity index (χ4v) is 2.48. The van der Waals surface area contributed by atoms with E-state index in [1.54, 1.807) is 24.3 Å². The Labute approximate surface area is 151 Å². The number of aromatic nitrogens is 2. The highest BCUT2D eigenvalue weighted by Crippen LogP contribution is 2.24. The van der Waals surface area contributed by atoms with Crippen molar-refractivity contribution in [2.24, 2.45) is 0 Å². The standard InChI is InChI=1S/C20H16N4O2/c1-26-18-10-6-5-9-16(18)17(11-21)24-20(25)15-12-22-19(23-13-15)14-7-3-2-4-8-14/h2-10,12-13,17H,1H3,(H,24,25)/t17-/m0/s1. The molecule has 3 rings (SSSR count). The summed E-state index contributed by atoms with van der Waals surface area (Å²) in [7, 11) is 1.52. The Bertz CT molecular complexity index is 934. The van der Waals surface area contributed by atoms with Crippen LogP contribution in [-0.2, 0) is 0 Å². The number of para-hydroxylation sites is 1. The lowest BCUT2D eigenvalue weighted by Gasteiger charge is -2.15. The van der Waals surface area contributed by atoms with Crippen LogP contribution in [0.5, 0.6) is 5.75 Å². The third kappa shape index (κ3) is 3.68. The van der Waals surface area contributed by atoms with Crippen LogP contribution < -0.4 is 10.1 Å². The molecule has 1 N–H and O–H groups in total. The first-order chi connectivity index (χ1) is 12.7. The van der Waals surface area contributed by atoms with Crippen LogP contribution in [0.15, 0.2) is 67.0 Å². The molecular formula is C20H16N4O2. The van der Waals surface area contributed by atoms with Gasteiger partial charge < -0.3 is 10.1 Å². The van der Waals surface area contributed by atoms with Gasteiger partial charge in [0.2, 0.25) is 0 Å². The highest BCUT2D eigenvalue weighted by atomic mass is 16.5. The number of nitrogens with zero attached hydrogens (tertiary/aromatic N) is 3. The van der Waals surface area contributed by atoms with E-state index >= 15 is 0 Å². The van der Waals surface area contributed by atoms with Crippen molar-refractivity contribution in [2.75, 3.05) is 7.11 Å². The molecule has 0 fully saturated rings. The van der Waals surface area contributed by atoms with E-state index in [9.17, 15) is 10.1 Å². The zero-order valence-electron chi connectivity index (χ0n) is 14.1. The van der Waals surface area contributed by atoms with Crippen LogP contribution in [0.3, 0.4) is 0 Å². The van der Waals surface area contributed by atoms with Crippen molar-refractivity contribution in [3.05, 3.63) is 78.1 Å². The molecule has 0 spiro atoms. The average Bonchev–Trinajstić information content (AvgIpc) is 2.72. The Morgan fingerprint density at radius 3 is 2.38 bits per heavy atom. The topological polar surface area (TPSA) is 87.9 Å². The van der Waals surface area contributed by atoms with Crippen LogP contribution in [0.1, 0.15) is 22.0 Å². The molecule has 1 amide bonds. The van der Waals surface area contributed by atoms with Gasteiger partial charge in [-0.15, -0.1) is 0 Å². The Morgan fingerprint density at radius 1 is 1.08 bits per heavy atom. The van der Waals surface area contributed by atoms with E-state index in [2.05, 4.69) is 21.4 Å². The van der Waals surface area contributed by atoms with Crippen molar-refractivity contribution in [3.63, 3.8) is 0 Å². The minimum Gasteiger partial charge on any atom is -0.496 e. The lowest BCUT2D eigenvalue weighted by molar-refractivity contribution is 0.0944. The van der Waals surface area contributed by atoms with Crippen molar-refractivity contribution in [1.29, 1.82) is 5.26 Å². The fourth-order valence-electron chi connectivity index (χ4n) is 2.48. The van der Waals surface area contributed by atoms with Crippen LogP contribution in [0.2, 0.25) is 0 Å². The number of carbonyl (C=O) groups is 1. The molecule has 2 aromatic carbocycles. The van der Waals surface area contributed by atoms with Crippen molar-refractivity contribution in [1.82, 2.24) is 15.3 Å². The Hall–Kier alpha value is -3.72. The van der Waals surface area contributed by atoms with Gasteiger partial charge in [0.05, 0.1) is 18.7 Å². The van der Waals surface area contributed by atoms with E-state index in [-0.39, 0.29) is 5.56 Å². The second-order valence-electron chi connectivity index (χ2n) is 5.44. The quantitative estimate of drug-likeness (QED) is 0.768. The number of amides is 1. The van der Waals surface area contributed by atoms with Gasteiger partial charge in [-0.1, -0.05) is 48.5 Å². The Kier molecular flexibility index (Phi) is 5.20. The summed E-state index contributed by atoms with van der Waals surface area (Å²) in [5.41, 5.74) is 1.73. The van der Waals surface area contributed by atoms with Crippen LogP contribution in [-0.4, -0.2) is 23.0 Å². The molecular weight excluding hydrogens is 328 g/mol. The number of methoxy groups -OCH3 is 1. The summed E-state index contributed by atoms with van der Waals surface area (Å²) in [6.45, 7) is 0. The first kappa shape index (κ1) is 17.1. The van der Waals surface area contributed by atoms with Gasteiger partial charge in [0, 0.05) is 23.5 Å². The minimum absolute atomic E-state index is 0.278. The van der Waals surface area contributed by atoms with Crippen molar-refractivity contribution >= 4 is 5.91 Å². The first-order valence-electron chi connectivity index (χ1n) is 7.94. The molecule has 0 saturated heterocycles. The molecule has 0 aliphatic heterocycles. The molecule has 0 saturated carbocycles. The molecule has 1 heterocycles. The number of hydrogen-bond donors (Lipinski definition) is 1. The summed E-state index contributed by atoms with van der Waals surface area (Å²) < 4.78 is 5.25. The summed E-state index contributed by atoms with van der Waals surface area (Å²) in [5, 5.41) is 12.1. The summed E-state index contributed by atoms with van der Waals surface area (Å²) in [5.74, 6) is 0.640. The van der Waals surface area contributed by atoms with Crippen molar-refractivity contribution in [2.45, 2.75) is 6.04 Å². The Balaban J connectivity index is 1.78. The van der Waals surface area contributed by atoms with Gasteiger partial charge in [-0.3, -0.25) is 4.79 Å². The smallest absolute Gasteiger partial charge is 0.255 e. The first-order valence-corrected chi connectivity index (χ1v) is 7.94. The number of hydrogen-bond acceptors (Lipinski definition) is 5. The molecule has 0 unspecified atom stereocenters. The predicted molar refractivity (Wildman–Crippen MR) is 96.3 cm³/mol. The van der Waals surface area contributed by atoms with Gasteiger partial charge in [0.15, 0.2) is 5.82 Å². The zero-order valence-corrected chi connectivity index (χ0v) is 14.1. The second-order valence-corrected chi connectivity index (χ2v) is 5.44. The van der Waals surface area contributed by atoms with Gasteiger partial charge in [-0.05, 0) is 6.07 Å². The van der Waals surface area contributed by atoms with E-state index in [1.165, 1.54) is 19.5 Å². The predicted octanol–water partition coefficient (Wildman–Crippen LogP) is 3.15. The van der Waals surface area contributed by atoms with Gasteiger partial charge in [0.1, 0.15) is 11.8 Å². The highest BCUT2D eigenvalue weighted by Gasteiger charge is 2.19. The number of ether oxygens (including phenoxy) is 1. The highest BCUT2D eigenvalue weighted by molar-refractivity contribution is 5.94. The molecule has 3 aromatic rings. The number of nitriles is 1. The van der Waals surface area contributed by atoms with Crippen LogP contribution in [0, 0.1) is 11.3 Å². The number of benzene rings is 2. The molecule has 0 radical (unpaired) electrons. The molecule has 0 aliphatic carbocycles. The third-order valence-corrected chi connectivity index (χ3v) is 3.80. The number of nitrogens with one attached hydrogen (secondary N) is 1. The van der Waals surface area contributed by atoms with Crippen molar-refractivity contribution in [3.8, 4) is 23.2 Å². The van der Waals surface area contributed by atoms with Gasteiger partial charge in [0.25, 0.3) is 5.91 Å². The van der Waals surface area contributed by atoms with Crippen LogP contribution >= 0.6 is 0 Å². The summed E-state index contributed by atoms with van der Waals surface area (Å²) >= 11 is 0. The minimum atomic E-state index is -0.840. The molecule has 0 aliphatic rings. The van der Waals surface area contributed by atoms with Gasteiger partial charge in [-0.2, -0.15) is 5.26 Å². The van der Waals surface area contributed by atoms with Crippen molar-refractivity contribution < 1.29 is 9.53 Å². The third-order valence-electron chi connectivity index (χ3n) is 3.80. The maximum Gasteiger partial charge on any atom is 0.255 e. The van der Waals surface area contributed by atoms with E-state index < -0.39 is 11.9 Å². The van der Waals surface area contributed by atoms with Gasteiger partial charge >= 0.3 is 0 Å². The zero-order chi connectivity index (χ0) is 18.4. The molecule has 6 nitrogen and oxygen atoms in total. The summed E-state index contributed by atoms with van der Waals surface area (Å²) in [6, 6.07) is 17.8. The van der Waals surface area contributed by atoms with Crippen LogP contribution in [0.25, 0.3) is 11.4 Å². The average molecular weight is 344 g/mol. The number of rotatable bonds is 5. The second kappa shape index (κ2) is 7.90. The molecule has 128 valence electrons. The maximum absolute atomic E-state index is 12.5.